The van der Waals surface area contributed by atoms with Crippen molar-refractivity contribution in [2.24, 2.45) is 5.84 Å². The molecular formula is C16H24N2O. The van der Waals surface area contributed by atoms with Crippen LogP contribution in [0.4, 0.5) is 0 Å². The van der Waals surface area contributed by atoms with Crippen LogP contribution < -0.4 is 11.3 Å². The van der Waals surface area contributed by atoms with Gasteiger partial charge in [-0.1, -0.05) is 18.2 Å². The van der Waals surface area contributed by atoms with Crippen LogP contribution >= 0.6 is 0 Å². The molecule has 0 saturated carbocycles. The van der Waals surface area contributed by atoms with Crippen molar-refractivity contribution >= 4 is 0 Å². The maximum atomic E-state index is 5.71. The second-order valence-electron chi connectivity index (χ2n) is 5.90. The topological polar surface area (TPSA) is 47.3 Å². The summed E-state index contributed by atoms with van der Waals surface area (Å²) < 4.78 is 5.70. The summed E-state index contributed by atoms with van der Waals surface area (Å²) in [5.74, 6) is 5.71. The van der Waals surface area contributed by atoms with Crippen molar-refractivity contribution in [3.05, 3.63) is 34.9 Å². The first-order chi connectivity index (χ1) is 9.35. The molecule has 3 nitrogen and oxygen atoms in total. The van der Waals surface area contributed by atoms with E-state index in [0.29, 0.717) is 12.1 Å². The van der Waals surface area contributed by atoms with Crippen LogP contribution in [0.2, 0.25) is 0 Å². The third-order valence-corrected chi connectivity index (χ3v) is 4.45. The highest BCUT2D eigenvalue weighted by atomic mass is 16.5. The molecule has 2 unspecified atom stereocenters. The van der Waals surface area contributed by atoms with Gasteiger partial charge in [0.05, 0.1) is 6.10 Å². The maximum absolute atomic E-state index is 5.71. The minimum atomic E-state index is 0.322. The number of nitrogens with two attached hydrogens (primary N) is 1. The van der Waals surface area contributed by atoms with Crippen molar-refractivity contribution < 1.29 is 4.74 Å². The fourth-order valence-electron chi connectivity index (χ4n) is 3.39. The van der Waals surface area contributed by atoms with E-state index in [9.17, 15) is 0 Å². The number of ether oxygens (including phenoxy) is 1. The normalized spacial score (nSPS) is 23.5. The number of hydrogen-bond acceptors (Lipinski definition) is 3. The van der Waals surface area contributed by atoms with E-state index in [1.54, 1.807) is 11.1 Å². The van der Waals surface area contributed by atoms with Gasteiger partial charge in [-0.05, 0) is 61.6 Å². The fraction of sp³-hybridized carbons (Fsp3) is 0.625. The average Bonchev–Trinajstić information content (AvgIpc) is 3.08. The number of benzene rings is 1. The Hall–Kier alpha value is -0.900. The summed E-state index contributed by atoms with van der Waals surface area (Å²) in [7, 11) is 0. The van der Waals surface area contributed by atoms with Crippen LogP contribution in [0.5, 0.6) is 0 Å². The van der Waals surface area contributed by atoms with Crippen LogP contribution in [-0.2, 0) is 24.0 Å². The molecule has 1 aromatic rings. The summed E-state index contributed by atoms with van der Waals surface area (Å²) in [6.45, 7) is 0.917. The maximum Gasteiger partial charge on any atom is 0.0591 e. The summed E-state index contributed by atoms with van der Waals surface area (Å²) in [6.07, 6.45) is 8.61. The lowest BCUT2D eigenvalue weighted by Crippen LogP contribution is -2.39. The van der Waals surface area contributed by atoms with E-state index in [1.165, 1.54) is 37.7 Å². The molecule has 1 heterocycles. The van der Waals surface area contributed by atoms with Crippen LogP contribution in [0.3, 0.4) is 0 Å². The molecular weight excluding hydrogens is 236 g/mol. The third kappa shape index (κ3) is 3.16. The van der Waals surface area contributed by atoms with Crippen LogP contribution in [0.15, 0.2) is 18.2 Å². The van der Waals surface area contributed by atoms with Crippen molar-refractivity contribution in [3.8, 4) is 0 Å². The molecule has 2 aliphatic rings. The molecule has 3 heteroatoms. The molecule has 0 bridgehead atoms. The minimum absolute atomic E-state index is 0.322. The Labute approximate surface area is 115 Å². The zero-order valence-electron chi connectivity index (χ0n) is 11.5. The van der Waals surface area contributed by atoms with Gasteiger partial charge in [0.2, 0.25) is 0 Å². The van der Waals surface area contributed by atoms with Crippen molar-refractivity contribution in [2.75, 3.05) is 6.61 Å². The number of aryl methyl sites for hydroxylation is 2. The van der Waals surface area contributed by atoms with Gasteiger partial charge in [0.15, 0.2) is 0 Å². The quantitative estimate of drug-likeness (QED) is 0.630. The van der Waals surface area contributed by atoms with E-state index in [0.717, 1.165) is 19.4 Å². The van der Waals surface area contributed by atoms with Gasteiger partial charge in [0.1, 0.15) is 0 Å². The molecule has 0 amide bonds. The zero-order chi connectivity index (χ0) is 13.1. The monoisotopic (exact) mass is 260 g/mol. The highest BCUT2D eigenvalue weighted by molar-refractivity contribution is 5.35. The Morgan fingerprint density at radius 3 is 2.95 bits per heavy atom. The van der Waals surface area contributed by atoms with Crippen LogP contribution in [-0.4, -0.2) is 18.8 Å². The Kier molecular flexibility index (Phi) is 4.16. The predicted molar refractivity (Wildman–Crippen MR) is 76.9 cm³/mol. The molecule has 2 atom stereocenters. The fourth-order valence-corrected chi connectivity index (χ4v) is 3.39. The van der Waals surface area contributed by atoms with Gasteiger partial charge in [0, 0.05) is 12.6 Å². The number of hydrazine groups is 1. The Morgan fingerprint density at radius 1 is 1.26 bits per heavy atom. The summed E-state index contributed by atoms with van der Waals surface area (Å²) in [5.41, 5.74) is 7.46. The summed E-state index contributed by atoms with van der Waals surface area (Å²) >= 11 is 0. The van der Waals surface area contributed by atoms with Crippen molar-refractivity contribution in [1.82, 2.24) is 5.43 Å². The van der Waals surface area contributed by atoms with Crippen LogP contribution in [0.1, 0.15) is 42.4 Å². The minimum Gasteiger partial charge on any atom is -0.378 e. The van der Waals surface area contributed by atoms with E-state index < -0.39 is 0 Å². The molecule has 19 heavy (non-hydrogen) atoms. The third-order valence-electron chi connectivity index (χ3n) is 4.45. The SMILES string of the molecule is NNC(Cc1ccc2c(c1)CCC2)CC1CCCO1. The Balaban J connectivity index is 1.61. The molecule has 0 spiro atoms. The average molecular weight is 260 g/mol. The molecule has 3 N–H and O–H groups in total. The molecule has 0 radical (unpaired) electrons. The molecule has 1 aliphatic carbocycles. The number of hydrogen-bond donors (Lipinski definition) is 2. The largest absolute Gasteiger partial charge is 0.378 e. The molecule has 0 aromatic heterocycles. The van der Waals surface area contributed by atoms with E-state index >= 15 is 0 Å². The summed E-state index contributed by atoms with van der Waals surface area (Å²) in [4.78, 5) is 0. The zero-order valence-corrected chi connectivity index (χ0v) is 11.5. The van der Waals surface area contributed by atoms with Gasteiger partial charge in [0.25, 0.3) is 0 Å². The highest BCUT2D eigenvalue weighted by Crippen LogP contribution is 2.24. The molecule has 104 valence electrons. The Morgan fingerprint density at radius 2 is 2.16 bits per heavy atom. The number of rotatable bonds is 5. The Bertz CT molecular complexity index is 427. The number of nitrogens with one attached hydrogen (secondary N) is 1. The summed E-state index contributed by atoms with van der Waals surface area (Å²) in [6, 6.07) is 7.27. The molecule has 1 saturated heterocycles. The first kappa shape index (κ1) is 13.1. The second kappa shape index (κ2) is 6.04. The van der Waals surface area contributed by atoms with Crippen molar-refractivity contribution in [1.29, 1.82) is 0 Å². The smallest absolute Gasteiger partial charge is 0.0591 e. The van der Waals surface area contributed by atoms with Gasteiger partial charge < -0.3 is 4.74 Å². The highest BCUT2D eigenvalue weighted by Gasteiger charge is 2.21. The van der Waals surface area contributed by atoms with Gasteiger partial charge in [-0.3, -0.25) is 11.3 Å². The van der Waals surface area contributed by atoms with Gasteiger partial charge in [-0.25, -0.2) is 0 Å². The van der Waals surface area contributed by atoms with E-state index in [4.69, 9.17) is 10.6 Å². The standard InChI is InChI=1S/C16H24N2O/c17-18-15(11-16-5-2-8-19-16)10-12-6-7-13-3-1-4-14(13)9-12/h6-7,9,15-16,18H,1-5,8,10-11,17H2. The number of fused-ring (bicyclic) bond motifs is 1. The van der Waals surface area contributed by atoms with Gasteiger partial charge in [-0.2, -0.15) is 0 Å². The first-order valence-corrected chi connectivity index (χ1v) is 7.53. The lowest BCUT2D eigenvalue weighted by molar-refractivity contribution is 0.0946. The first-order valence-electron chi connectivity index (χ1n) is 7.53. The lowest BCUT2D eigenvalue weighted by Gasteiger charge is -2.20. The summed E-state index contributed by atoms with van der Waals surface area (Å²) in [5, 5.41) is 0. The van der Waals surface area contributed by atoms with Gasteiger partial charge >= 0.3 is 0 Å². The van der Waals surface area contributed by atoms with E-state index in [-0.39, 0.29) is 0 Å². The lowest BCUT2D eigenvalue weighted by atomic mass is 9.97. The molecule has 3 rings (SSSR count). The van der Waals surface area contributed by atoms with Crippen LogP contribution in [0.25, 0.3) is 0 Å². The van der Waals surface area contributed by atoms with Crippen molar-refractivity contribution in [2.45, 2.75) is 57.1 Å². The van der Waals surface area contributed by atoms with Gasteiger partial charge in [-0.15, -0.1) is 0 Å². The molecule has 1 aliphatic heterocycles. The second-order valence-corrected chi connectivity index (χ2v) is 5.90. The molecule has 1 fully saturated rings. The van der Waals surface area contributed by atoms with E-state index in [2.05, 4.69) is 23.6 Å². The predicted octanol–water partition coefficient (Wildman–Crippen LogP) is 2.12. The van der Waals surface area contributed by atoms with Crippen LogP contribution in [0, 0.1) is 0 Å². The van der Waals surface area contributed by atoms with E-state index in [1.807, 2.05) is 0 Å². The molecule has 1 aromatic carbocycles. The van der Waals surface area contributed by atoms with Crippen molar-refractivity contribution in [3.63, 3.8) is 0 Å².